The summed E-state index contributed by atoms with van der Waals surface area (Å²) in [6.07, 6.45) is 2.03. The van der Waals surface area contributed by atoms with Crippen molar-refractivity contribution in [3.63, 3.8) is 0 Å². The van der Waals surface area contributed by atoms with Crippen LogP contribution in [-0.2, 0) is 14.8 Å². The Hall–Kier alpha value is -2.38. The van der Waals surface area contributed by atoms with E-state index in [2.05, 4.69) is 10.0 Å². The number of benzene rings is 2. The molecule has 0 saturated carbocycles. The summed E-state index contributed by atoms with van der Waals surface area (Å²) in [6, 6.07) is 11.5. The normalized spacial score (nSPS) is 16.9. The van der Waals surface area contributed by atoms with Crippen LogP contribution in [0.4, 0.5) is 5.69 Å². The van der Waals surface area contributed by atoms with Gasteiger partial charge in [-0.25, -0.2) is 8.42 Å². The van der Waals surface area contributed by atoms with Crippen LogP contribution in [0.25, 0.3) is 0 Å². The minimum atomic E-state index is -3.72. The van der Waals surface area contributed by atoms with Crippen LogP contribution < -0.4 is 10.0 Å². The predicted octanol–water partition coefficient (Wildman–Crippen LogP) is 3.01. The maximum absolute atomic E-state index is 12.6. The van der Waals surface area contributed by atoms with Crippen LogP contribution in [0, 0.1) is 13.8 Å². The largest absolute Gasteiger partial charge is 0.376 e. The highest BCUT2D eigenvalue weighted by Gasteiger charge is 2.18. The molecule has 1 saturated heterocycles. The average Bonchev–Trinajstić information content (AvgIpc) is 3.16. The number of amides is 1. The summed E-state index contributed by atoms with van der Waals surface area (Å²) in [5, 5.41) is 2.82. The van der Waals surface area contributed by atoms with Gasteiger partial charge in [-0.1, -0.05) is 12.1 Å². The van der Waals surface area contributed by atoms with Crippen LogP contribution in [0.15, 0.2) is 47.4 Å². The summed E-state index contributed by atoms with van der Waals surface area (Å²) in [6.45, 7) is 4.95. The Bertz CT molecular complexity index is 917. The molecule has 0 radical (unpaired) electrons. The third-order valence-corrected chi connectivity index (χ3v) is 5.96. The number of hydrogen-bond acceptors (Lipinski definition) is 4. The van der Waals surface area contributed by atoms with Gasteiger partial charge in [-0.05, 0) is 68.1 Å². The summed E-state index contributed by atoms with van der Waals surface area (Å²) < 4.78 is 33.3. The Morgan fingerprint density at radius 1 is 1.15 bits per heavy atom. The summed E-state index contributed by atoms with van der Waals surface area (Å²) in [5.41, 5.74) is 2.78. The van der Waals surface area contributed by atoms with Crippen LogP contribution in [0.3, 0.4) is 0 Å². The minimum absolute atomic E-state index is 0.0652. The third-order valence-electron chi connectivity index (χ3n) is 4.58. The third kappa shape index (κ3) is 4.87. The van der Waals surface area contributed by atoms with Gasteiger partial charge in [0.15, 0.2) is 0 Å². The van der Waals surface area contributed by atoms with Gasteiger partial charge in [-0.15, -0.1) is 0 Å². The number of carbonyl (C=O) groups is 1. The molecular weight excluding hydrogens is 364 g/mol. The van der Waals surface area contributed by atoms with Gasteiger partial charge < -0.3 is 10.1 Å². The number of ether oxygens (including phenoxy) is 1. The molecule has 0 aliphatic carbocycles. The standard InChI is InChI=1S/C20H24N2O4S/c1-14-5-6-15(2)19(12-14)22-27(24,25)18-9-7-16(8-10-18)20(23)21-13-17-4-3-11-26-17/h5-10,12,17,22H,3-4,11,13H2,1-2H3,(H,21,23). The maximum atomic E-state index is 12.6. The molecule has 0 aromatic heterocycles. The molecule has 3 rings (SSSR count). The Kier molecular flexibility index (Phi) is 5.82. The molecular formula is C20H24N2O4S. The SMILES string of the molecule is Cc1ccc(C)c(NS(=O)(=O)c2ccc(C(=O)NCC3CCCO3)cc2)c1. The number of nitrogens with one attached hydrogen (secondary N) is 2. The molecule has 2 N–H and O–H groups in total. The van der Waals surface area contributed by atoms with Crippen LogP contribution >= 0.6 is 0 Å². The number of rotatable bonds is 6. The topological polar surface area (TPSA) is 84.5 Å². The first-order valence-electron chi connectivity index (χ1n) is 8.95. The molecule has 2 aromatic carbocycles. The molecule has 6 nitrogen and oxygen atoms in total. The van der Waals surface area contributed by atoms with E-state index in [1.807, 2.05) is 26.0 Å². The van der Waals surface area contributed by atoms with Crippen molar-refractivity contribution in [1.29, 1.82) is 0 Å². The zero-order valence-corrected chi connectivity index (χ0v) is 16.3. The van der Waals surface area contributed by atoms with Gasteiger partial charge >= 0.3 is 0 Å². The molecule has 1 amide bonds. The summed E-state index contributed by atoms with van der Waals surface area (Å²) >= 11 is 0. The van der Waals surface area contributed by atoms with Crippen molar-refractivity contribution in [2.75, 3.05) is 17.9 Å². The van der Waals surface area contributed by atoms with E-state index in [-0.39, 0.29) is 16.9 Å². The fourth-order valence-electron chi connectivity index (χ4n) is 2.95. The van der Waals surface area contributed by atoms with Gasteiger partial charge in [0.2, 0.25) is 0 Å². The molecule has 7 heteroatoms. The van der Waals surface area contributed by atoms with Gasteiger partial charge in [0.05, 0.1) is 16.7 Å². The number of sulfonamides is 1. The van der Waals surface area contributed by atoms with E-state index >= 15 is 0 Å². The quantitative estimate of drug-likeness (QED) is 0.797. The van der Waals surface area contributed by atoms with E-state index in [4.69, 9.17) is 4.74 Å². The Morgan fingerprint density at radius 2 is 1.89 bits per heavy atom. The van der Waals surface area contributed by atoms with Gasteiger partial charge in [0.25, 0.3) is 15.9 Å². The minimum Gasteiger partial charge on any atom is -0.376 e. The lowest BCUT2D eigenvalue weighted by atomic mass is 10.1. The summed E-state index contributed by atoms with van der Waals surface area (Å²) in [5.74, 6) is -0.239. The van der Waals surface area contributed by atoms with Crippen molar-refractivity contribution < 1.29 is 17.9 Å². The van der Waals surface area contributed by atoms with Gasteiger partial charge in [-0.3, -0.25) is 9.52 Å². The molecule has 27 heavy (non-hydrogen) atoms. The monoisotopic (exact) mass is 388 g/mol. The second-order valence-corrected chi connectivity index (χ2v) is 8.48. The number of hydrogen-bond donors (Lipinski definition) is 2. The van der Waals surface area contributed by atoms with Crippen molar-refractivity contribution in [2.45, 2.75) is 37.7 Å². The molecule has 1 aliphatic heterocycles. The zero-order chi connectivity index (χ0) is 19.4. The Morgan fingerprint density at radius 3 is 2.56 bits per heavy atom. The molecule has 0 bridgehead atoms. The molecule has 1 aliphatic rings. The van der Waals surface area contributed by atoms with Crippen LogP contribution in [0.2, 0.25) is 0 Å². The highest BCUT2D eigenvalue weighted by Crippen LogP contribution is 2.21. The fourth-order valence-corrected chi connectivity index (χ4v) is 4.07. The van der Waals surface area contributed by atoms with Crippen LogP contribution in [-0.4, -0.2) is 33.6 Å². The highest BCUT2D eigenvalue weighted by molar-refractivity contribution is 7.92. The van der Waals surface area contributed by atoms with E-state index in [9.17, 15) is 13.2 Å². The molecule has 1 atom stereocenters. The van der Waals surface area contributed by atoms with Gasteiger partial charge in [0.1, 0.15) is 0 Å². The average molecular weight is 388 g/mol. The lowest BCUT2D eigenvalue weighted by molar-refractivity contribution is 0.0857. The first-order chi connectivity index (χ1) is 12.8. The van der Waals surface area contributed by atoms with Gasteiger partial charge in [-0.2, -0.15) is 0 Å². The van der Waals surface area contributed by atoms with E-state index in [1.165, 1.54) is 24.3 Å². The fraction of sp³-hybridized carbons (Fsp3) is 0.350. The van der Waals surface area contributed by atoms with E-state index in [1.54, 1.807) is 6.07 Å². The molecule has 1 fully saturated rings. The molecule has 1 heterocycles. The Labute approximate surface area is 160 Å². The first-order valence-corrected chi connectivity index (χ1v) is 10.4. The van der Waals surface area contributed by atoms with Crippen LogP contribution in [0.1, 0.15) is 34.3 Å². The van der Waals surface area contributed by atoms with Crippen LogP contribution in [0.5, 0.6) is 0 Å². The first kappa shape index (κ1) is 19.4. The lowest BCUT2D eigenvalue weighted by Crippen LogP contribution is -2.31. The van der Waals surface area contributed by atoms with Crippen molar-refractivity contribution >= 4 is 21.6 Å². The second kappa shape index (κ2) is 8.10. The van der Waals surface area contributed by atoms with Gasteiger partial charge in [0, 0.05) is 18.7 Å². The highest BCUT2D eigenvalue weighted by atomic mass is 32.2. The summed E-state index contributed by atoms with van der Waals surface area (Å²) in [7, 11) is -3.72. The second-order valence-electron chi connectivity index (χ2n) is 6.79. The van der Waals surface area contributed by atoms with Crippen molar-refractivity contribution in [1.82, 2.24) is 5.32 Å². The van der Waals surface area contributed by atoms with Crippen molar-refractivity contribution in [3.05, 3.63) is 59.2 Å². The van der Waals surface area contributed by atoms with E-state index in [0.717, 1.165) is 30.6 Å². The molecule has 144 valence electrons. The molecule has 1 unspecified atom stereocenters. The molecule has 2 aromatic rings. The lowest BCUT2D eigenvalue weighted by Gasteiger charge is -2.12. The molecule has 0 spiro atoms. The number of anilines is 1. The smallest absolute Gasteiger partial charge is 0.261 e. The maximum Gasteiger partial charge on any atom is 0.261 e. The number of carbonyl (C=O) groups excluding carboxylic acids is 1. The van der Waals surface area contributed by atoms with E-state index < -0.39 is 10.0 Å². The summed E-state index contributed by atoms with van der Waals surface area (Å²) in [4.78, 5) is 12.3. The zero-order valence-electron chi connectivity index (χ0n) is 15.5. The van der Waals surface area contributed by atoms with Crippen molar-refractivity contribution in [2.24, 2.45) is 0 Å². The number of aryl methyl sites for hydroxylation is 2. The predicted molar refractivity (Wildman–Crippen MR) is 104 cm³/mol. The van der Waals surface area contributed by atoms with E-state index in [0.29, 0.717) is 17.8 Å². The van der Waals surface area contributed by atoms with Crippen molar-refractivity contribution in [3.8, 4) is 0 Å². The Balaban J connectivity index is 1.68.